The van der Waals surface area contributed by atoms with Crippen molar-refractivity contribution in [2.75, 3.05) is 29.9 Å². The molecule has 4 heterocycles. The normalized spacial score (nSPS) is 16.4. The SMILES string of the molecule is CC(=O)Nc1cccc2c1CCN(c1c3c(nc4ccnn14)CCNCC3)C2. The summed E-state index contributed by atoms with van der Waals surface area (Å²) in [6.07, 6.45) is 4.63. The summed E-state index contributed by atoms with van der Waals surface area (Å²) in [4.78, 5) is 18.8. The van der Waals surface area contributed by atoms with Gasteiger partial charge in [0.1, 0.15) is 5.82 Å². The van der Waals surface area contributed by atoms with Gasteiger partial charge in [-0.1, -0.05) is 12.1 Å². The van der Waals surface area contributed by atoms with Crippen molar-refractivity contribution >= 4 is 23.1 Å². The molecule has 0 bridgehead atoms. The maximum atomic E-state index is 11.5. The van der Waals surface area contributed by atoms with Crippen molar-refractivity contribution in [3.63, 3.8) is 0 Å². The molecule has 0 fully saturated rings. The van der Waals surface area contributed by atoms with Crippen LogP contribution in [0.1, 0.15) is 29.3 Å². The molecule has 0 saturated heterocycles. The number of hydrogen-bond acceptors (Lipinski definition) is 5. The second-order valence-electron chi connectivity index (χ2n) is 7.51. The highest BCUT2D eigenvalue weighted by Gasteiger charge is 2.26. The summed E-state index contributed by atoms with van der Waals surface area (Å²) in [5, 5.41) is 11.0. The molecule has 0 atom stereocenters. The van der Waals surface area contributed by atoms with Crippen molar-refractivity contribution in [2.24, 2.45) is 0 Å². The number of hydrogen-bond donors (Lipinski definition) is 2. The van der Waals surface area contributed by atoms with E-state index >= 15 is 0 Å². The Hall–Kier alpha value is -2.93. The summed E-state index contributed by atoms with van der Waals surface area (Å²) in [7, 11) is 0. The van der Waals surface area contributed by atoms with Gasteiger partial charge in [-0.2, -0.15) is 9.61 Å². The first-order chi connectivity index (χ1) is 13.7. The number of benzene rings is 1. The highest BCUT2D eigenvalue weighted by molar-refractivity contribution is 5.89. The van der Waals surface area contributed by atoms with Gasteiger partial charge < -0.3 is 15.5 Å². The van der Waals surface area contributed by atoms with Crippen LogP contribution in [0.2, 0.25) is 0 Å². The molecule has 1 aromatic carbocycles. The quantitative estimate of drug-likeness (QED) is 0.715. The Morgan fingerprint density at radius 1 is 1.14 bits per heavy atom. The molecule has 144 valence electrons. The summed E-state index contributed by atoms with van der Waals surface area (Å²) in [5.74, 6) is 1.14. The van der Waals surface area contributed by atoms with Crippen molar-refractivity contribution in [1.82, 2.24) is 19.9 Å². The first kappa shape index (κ1) is 17.2. The molecule has 2 aromatic heterocycles. The molecule has 3 aromatic rings. The van der Waals surface area contributed by atoms with Crippen LogP contribution in [0.5, 0.6) is 0 Å². The summed E-state index contributed by atoms with van der Waals surface area (Å²) < 4.78 is 1.99. The topological polar surface area (TPSA) is 74.6 Å². The minimum atomic E-state index is -0.0268. The fraction of sp³-hybridized carbons (Fsp3) is 0.381. The maximum absolute atomic E-state index is 11.5. The third-order valence-electron chi connectivity index (χ3n) is 5.66. The number of nitrogens with zero attached hydrogens (tertiary/aromatic N) is 4. The van der Waals surface area contributed by atoms with Gasteiger partial charge in [-0.3, -0.25) is 4.79 Å². The van der Waals surface area contributed by atoms with Crippen LogP contribution in [-0.4, -0.2) is 40.1 Å². The van der Waals surface area contributed by atoms with Gasteiger partial charge in [0.15, 0.2) is 5.65 Å². The minimum absolute atomic E-state index is 0.0268. The number of rotatable bonds is 2. The van der Waals surface area contributed by atoms with E-state index in [9.17, 15) is 4.79 Å². The molecular weight excluding hydrogens is 352 g/mol. The van der Waals surface area contributed by atoms with Gasteiger partial charge >= 0.3 is 0 Å². The molecule has 0 unspecified atom stereocenters. The van der Waals surface area contributed by atoms with Gasteiger partial charge in [-0.05, 0) is 36.6 Å². The van der Waals surface area contributed by atoms with E-state index in [1.807, 2.05) is 28.9 Å². The fourth-order valence-electron chi connectivity index (χ4n) is 4.44. The van der Waals surface area contributed by atoms with E-state index in [1.165, 1.54) is 28.2 Å². The van der Waals surface area contributed by atoms with Crippen LogP contribution in [-0.2, 0) is 30.6 Å². The van der Waals surface area contributed by atoms with E-state index in [-0.39, 0.29) is 5.91 Å². The third kappa shape index (κ3) is 2.92. The Bertz CT molecular complexity index is 1060. The van der Waals surface area contributed by atoms with Gasteiger partial charge in [0, 0.05) is 50.3 Å². The molecule has 5 rings (SSSR count). The van der Waals surface area contributed by atoms with Crippen molar-refractivity contribution in [3.8, 4) is 0 Å². The Morgan fingerprint density at radius 3 is 2.93 bits per heavy atom. The molecule has 2 aliphatic rings. The van der Waals surface area contributed by atoms with E-state index in [4.69, 9.17) is 4.98 Å². The van der Waals surface area contributed by atoms with E-state index < -0.39 is 0 Å². The number of aromatic nitrogens is 3. The summed E-state index contributed by atoms with van der Waals surface area (Å²) >= 11 is 0. The Morgan fingerprint density at radius 2 is 2.04 bits per heavy atom. The average molecular weight is 376 g/mol. The van der Waals surface area contributed by atoms with E-state index in [1.54, 1.807) is 6.92 Å². The van der Waals surface area contributed by atoms with Crippen LogP contribution < -0.4 is 15.5 Å². The van der Waals surface area contributed by atoms with Gasteiger partial charge in [0.05, 0.1) is 11.9 Å². The zero-order valence-electron chi connectivity index (χ0n) is 16.0. The second-order valence-corrected chi connectivity index (χ2v) is 7.51. The molecular formula is C21H24N6O. The van der Waals surface area contributed by atoms with Gasteiger partial charge in [-0.25, -0.2) is 4.98 Å². The molecule has 2 aliphatic heterocycles. The van der Waals surface area contributed by atoms with Crippen molar-refractivity contribution < 1.29 is 4.79 Å². The third-order valence-corrected chi connectivity index (χ3v) is 5.66. The zero-order valence-corrected chi connectivity index (χ0v) is 16.0. The highest BCUT2D eigenvalue weighted by atomic mass is 16.1. The van der Waals surface area contributed by atoms with Crippen LogP contribution in [0, 0.1) is 0 Å². The Labute approximate surface area is 163 Å². The van der Waals surface area contributed by atoms with E-state index in [0.29, 0.717) is 0 Å². The number of carbonyl (C=O) groups excluding carboxylic acids is 1. The predicted molar refractivity (Wildman–Crippen MR) is 109 cm³/mol. The number of carbonyl (C=O) groups is 1. The van der Waals surface area contributed by atoms with Crippen LogP contribution in [0.3, 0.4) is 0 Å². The van der Waals surface area contributed by atoms with Crippen LogP contribution in [0.25, 0.3) is 5.65 Å². The standard InChI is InChI=1S/C21H24N6O/c1-14(28)24-18-4-2-3-15-13-26(12-8-16(15)18)21-17-5-9-22-10-6-19(17)25-20-7-11-23-27(20)21/h2-4,7,11,22H,5-6,8-10,12-13H2,1H3,(H,24,28). The lowest BCUT2D eigenvalue weighted by molar-refractivity contribution is -0.114. The second kappa shape index (κ2) is 6.91. The molecule has 28 heavy (non-hydrogen) atoms. The first-order valence-corrected chi connectivity index (χ1v) is 9.90. The Balaban J connectivity index is 1.58. The predicted octanol–water partition coefficient (Wildman–Crippen LogP) is 1.94. The summed E-state index contributed by atoms with van der Waals surface area (Å²) in [6, 6.07) is 8.16. The molecule has 1 amide bonds. The molecule has 0 radical (unpaired) electrons. The lowest BCUT2D eigenvalue weighted by Crippen LogP contribution is -2.34. The van der Waals surface area contributed by atoms with Gasteiger partial charge in [0.2, 0.25) is 5.91 Å². The molecule has 0 aliphatic carbocycles. The van der Waals surface area contributed by atoms with Crippen molar-refractivity contribution in [2.45, 2.75) is 32.7 Å². The van der Waals surface area contributed by atoms with Crippen molar-refractivity contribution in [1.29, 1.82) is 0 Å². The molecule has 7 nitrogen and oxygen atoms in total. The van der Waals surface area contributed by atoms with Crippen LogP contribution in [0.4, 0.5) is 11.5 Å². The highest BCUT2D eigenvalue weighted by Crippen LogP contribution is 2.32. The number of fused-ring (bicyclic) bond motifs is 3. The lowest BCUT2D eigenvalue weighted by Gasteiger charge is -2.33. The van der Waals surface area contributed by atoms with Crippen LogP contribution in [0.15, 0.2) is 30.5 Å². The average Bonchev–Trinajstić information content (AvgIpc) is 3.02. The molecule has 2 N–H and O–H groups in total. The largest absolute Gasteiger partial charge is 0.352 e. The van der Waals surface area contributed by atoms with Gasteiger partial charge in [-0.15, -0.1) is 0 Å². The number of anilines is 2. The maximum Gasteiger partial charge on any atom is 0.221 e. The zero-order chi connectivity index (χ0) is 19.1. The van der Waals surface area contributed by atoms with E-state index in [0.717, 1.165) is 56.8 Å². The van der Waals surface area contributed by atoms with Gasteiger partial charge in [0.25, 0.3) is 0 Å². The lowest BCUT2D eigenvalue weighted by atomic mass is 9.97. The smallest absolute Gasteiger partial charge is 0.221 e. The summed E-state index contributed by atoms with van der Waals surface area (Å²) in [5.41, 5.74) is 6.84. The summed E-state index contributed by atoms with van der Waals surface area (Å²) in [6.45, 7) is 5.19. The fourth-order valence-corrected chi connectivity index (χ4v) is 4.44. The first-order valence-electron chi connectivity index (χ1n) is 9.90. The minimum Gasteiger partial charge on any atom is -0.352 e. The molecule has 7 heteroatoms. The molecule has 0 saturated carbocycles. The Kier molecular flexibility index (Phi) is 4.24. The number of amides is 1. The van der Waals surface area contributed by atoms with Crippen molar-refractivity contribution in [3.05, 3.63) is 52.8 Å². The van der Waals surface area contributed by atoms with Crippen LogP contribution >= 0.6 is 0 Å². The van der Waals surface area contributed by atoms with E-state index in [2.05, 4.69) is 26.7 Å². The molecule has 0 spiro atoms. The number of nitrogens with one attached hydrogen (secondary N) is 2. The monoisotopic (exact) mass is 376 g/mol.